The second-order valence-corrected chi connectivity index (χ2v) is 8.12. The maximum Gasteiger partial charge on any atom is 0.223 e. The van der Waals surface area contributed by atoms with Crippen molar-refractivity contribution in [1.29, 1.82) is 0 Å². The molecule has 23 heavy (non-hydrogen) atoms. The summed E-state index contributed by atoms with van der Waals surface area (Å²) in [6.45, 7) is 7.47. The Kier molecular flexibility index (Phi) is 3.34. The van der Waals surface area contributed by atoms with E-state index in [1.54, 1.807) is 11.3 Å². The van der Waals surface area contributed by atoms with Crippen molar-refractivity contribution in [2.75, 3.05) is 18.4 Å². The van der Waals surface area contributed by atoms with Gasteiger partial charge in [-0.05, 0) is 51.0 Å². The van der Waals surface area contributed by atoms with Crippen molar-refractivity contribution in [3.63, 3.8) is 0 Å². The van der Waals surface area contributed by atoms with Crippen LogP contribution in [0.4, 0.5) is 5.82 Å². The molecule has 0 saturated heterocycles. The first kappa shape index (κ1) is 14.9. The van der Waals surface area contributed by atoms with E-state index in [0.717, 1.165) is 28.3 Å². The van der Waals surface area contributed by atoms with E-state index < -0.39 is 0 Å². The molecule has 2 saturated carbocycles. The monoisotopic (exact) mass is 330 g/mol. The number of nitrogens with one attached hydrogen (secondary N) is 2. The fourth-order valence-electron chi connectivity index (χ4n) is 3.41. The number of aryl methyl sites for hydroxylation is 3. The van der Waals surface area contributed by atoms with Crippen LogP contribution in [0.2, 0.25) is 0 Å². The maximum absolute atomic E-state index is 12.0. The van der Waals surface area contributed by atoms with Crippen LogP contribution in [-0.4, -0.2) is 29.0 Å². The Balaban J connectivity index is 1.38. The molecule has 4 rings (SSSR count). The van der Waals surface area contributed by atoms with Crippen molar-refractivity contribution < 1.29 is 4.79 Å². The van der Waals surface area contributed by atoms with E-state index in [1.165, 1.54) is 23.3 Å². The Morgan fingerprint density at radius 3 is 2.74 bits per heavy atom. The second kappa shape index (κ2) is 5.16. The molecule has 0 aromatic carbocycles. The van der Waals surface area contributed by atoms with E-state index in [-0.39, 0.29) is 11.8 Å². The molecule has 1 atom stereocenters. The molecule has 0 radical (unpaired) electrons. The molecule has 2 aliphatic carbocycles. The molecule has 2 aliphatic rings. The number of carbonyl (C=O) groups excluding carboxylic acids is 1. The van der Waals surface area contributed by atoms with E-state index in [1.807, 2.05) is 6.92 Å². The summed E-state index contributed by atoms with van der Waals surface area (Å²) in [6, 6.07) is 0. The second-order valence-electron chi connectivity index (χ2n) is 6.92. The lowest BCUT2D eigenvalue weighted by Crippen LogP contribution is -2.30. The highest BCUT2D eigenvalue weighted by Gasteiger charge is 2.65. The molecule has 2 fully saturated rings. The SMILES string of the molecule is Cc1nc(NCCNC(=O)[C@H]2CC23CC3)c2c(C)c(C)sc2n1. The van der Waals surface area contributed by atoms with Crippen LogP contribution in [0.5, 0.6) is 0 Å². The van der Waals surface area contributed by atoms with Crippen LogP contribution in [0.25, 0.3) is 10.2 Å². The van der Waals surface area contributed by atoms with E-state index in [2.05, 4.69) is 34.4 Å². The highest BCUT2D eigenvalue weighted by atomic mass is 32.1. The van der Waals surface area contributed by atoms with Crippen molar-refractivity contribution >= 4 is 33.3 Å². The quantitative estimate of drug-likeness (QED) is 0.827. The molecule has 2 N–H and O–H groups in total. The summed E-state index contributed by atoms with van der Waals surface area (Å²) in [4.78, 5) is 23.4. The standard InChI is InChI=1S/C17H22N4OS/c1-9-10(2)23-16-13(9)14(20-11(3)21-16)18-6-7-19-15(22)12-8-17(12)4-5-17/h12H,4-8H2,1-3H3,(H,19,22)(H,18,20,21)/t12-/m1/s1. The Morgan fingerprint density at radius 2 is 2.04 bits per heavy atom. The molecular formula is C17H22N4OS. The zero-order valence-corrected chi connectivity index (χ0v) is 14.6. The Bertz CT molecular complexity index is 793. The van der Waals surface area contributed by atoms with Crippen LogP contribution in [0, 0.1) is 32.1 Å². The summed E-state index contributed by atoms with van der Waals surface area (Å²) in [5, 5.41) is 7.54. The molecule has 5 nitrogen and oxygen atoms in total. The van der Waals surface area contributed by atoms with Gasteiger partial charge >= 0.3 is 0 Å². The number of amides is 1. The predicted octanol–water partition coefficient (Wildman–Crippen LogP) is 2.94. The number of hydrogen-bond acceptors (Lipinski definition) is 5. The summed E-state index contributed by atoms with van der Waals surface area (Å²) < 4.78 is 0. The minimum absolute atomic E-state index is 0.232. The minimum atomic E-state index is 0.232. The minimum Gasteiger partial charge on any atom is -0.368 e. The van der Waals surface area contributed by atoms with Gasteiger partial charge in [-0.2, -0.15) is 0 Å². The molecule has 1 spiro atoms. The first-order valence-corrected chi connectivity index (χ1v) is 9.08. The van der Waals surface area contributed by atoms with Crippen LogP contribution in [-0.2, 0) is 4.79 Å². The zero-order chi connectivity index (χ0) is 16.2. The third kappa shape index (κ3) is 2.59. The Labute approximate surface area is 139 Å². The average molecular weight is 330 g/mol. The van der Waals surface area contributed by atoms with Crippen LogP contribution in [0.1, 0.15) is 35.5 Å². The van der Waals surface area contributed by atoms with Crippen LogP contribution in [0.3, 0.4) is 0 Å². The molecule has 2 aromatic rings. The van der Waals surface area contributed by atoms with Crippen LogP contribution in [0.15, 0.2) is 0 Å². The van der Waals surface area contributed by atoms with Crippen LogP contribution < -0.4 is 10.6 Å². The van der Waals surface area contributed by atoms with Crippen molar-refractivity contribution in [3.8, 4) is 0 Å². The molecule has 0 aliphatic heterocycles. The molecule has 1 amide bonds. The van der Waals surface area contributed by atoms with Gasteiger partial charge < -0.3 is 10.6 Å². The lowest BCUT2D eigenvalue weighted by Gasteiger charge is -2.09. The number of nitrogens with zero attached hydrogens (tertiary/aromatic N) is 2. The molecule has 2 heterocycles. The summed E-state index contributed by atoms with van der Waals surface area (Å²) >= 11 is 1.71. The van der Waals surface area contributed by atoms with E-state index in [4.69, 9.17) is 0 Å². The topological polar surface area (TPSA) is 66.9 Å². The summed E-state index contributed by atoms with van der Waals surface area (Å²) in [5.41, 5.74) is 1.67. The van der Waals surface area contributed by atoms with Gasteiger partial charge in [0.05, 0.1) is 5.39 Å². The lowest BCUT2D eigenvalue weighted by atomic mass is 10.2. The fourth-order valence-corrected chi connectivity index (χ4v) is 4.48. The Hall–Kier alpha value is -1.69. The summed E-state index contributed by atoms with van der Waals surface area (Å²) in [7, 11) is 0. The molecule has 122 valence electrons. The molecule has 0 unspecified atom stereocenters. The van der Waals surface area contributed by atoms with Gasteiger partial charge in [-0.25, -0.2) is 9.97 Å². The number of fused-ring (bicyclic) bond motifs is 1. The molecule has 2 aromatic heterocycles. The maximum atomic E-state index is 12.0. The highest BCUT2D eigenvalue weighted by Crippen LogP contribution is 2.70. The number of carbonyl (C=O) groups is 1. The Morgan fingerprint density at radius 1 is 1.26 bits per heavy atom. The average Bonchev–Trinajstić information content (AvgIpc) is 3.41. The van der Waals surface area contributed by atoms with Gasteiger partial charge in [-0.15, -0.1) is 11.3 Å². The third-order valence-electron chi connectivity index (χ3n) is 5.26. The van der Waals surface area contributed by atoms with Gasteiger partial charge in [0, 0.05) is 23.9 Å². The van der Waals surface area contributed by atoms with Gasteiger partial charge in [0.2, 0.25) is 5.91 Å². The molecule has 6 heteroatoms. The first-order chi connectivity index (χ1) is 11.0. The number of anilines is 1. The number of rotatable bonds is 5. The highest BCUT2D eigenvalue weighted by molar-refractivity contribution is 7.18. The van der Waals surface area contributed by atoms with Crippen molar-refractivity contribution in [1.82, 2.24) is 15.3 Å². The number of thiophene rings is 1. The van der Waals surface area contributed by atoms with Crippen molar-refractivity contribution in [2.24, 2.45) is 11.3 Å². The lowest BCUT2D eigenvalue weighted by molar-refractivity contribution is -0.122. The molecular weight excluding hydrogens is 308 g/mol. The van der Waals surface area contributed by atoms with Crippen molar-refractivity contribution in [3.05, 3.63) is 16.3 Å². The zero-order valence-electron chi connectivity index (χ0n) is 13.8. The fraction of sp³-hybridized carbons (Fsp3) is 0.588. The van der Waals surface area contributed by atoms with Gasteiger partial charge in [-0.3, -0.25) is 4.79 Å². The molecule has 0 bridgehead atoms. The van der Waals surface area contributed by atoms with E-state index in [0.29, 0.717) is 18.5 Å². The normalized spacial score (nSPS) is 20.7. The van der Waals surface area contributed by atoms with Crippen molar-refractivity contribution in [2.45, 2.75) is 40.0 Å². The summed E-state index contributed by atoms with van der Waals surface area (Å²) in [6.07, 6.45) is 3.60. The predicted molar refractivity (Wildman–Crippen MR) is 92.9 cm³/mol. The third-order valence-corrected chi connectivity index (χ3v) is 6.36. The van der Waals surface area contributed by atoms with Gasteiger partial charge in [-0.1, -0.05) is 0 Å². The summed E-state index contributed by atoms with van der Waals surface area (Å²) in [5.74, 6) is 2.18. The van der Waals surface area contributed by atoms with E-state index >= 15 is 0 Å². The smallest absolute Gasteiger partial charge is 0.223 e. The largest absolute Gasteiger partial charge is 0.368 e. The number of aromatic nitrogens is 2. The van der Waals surface area contributed by atoms with Gasteiger partial charge in [0.1, 0.15) is 16.5 Å². The van der Waals surface area contributed by atoms with E-state index in [9.17, 15) is 4.79 Å². The van der Waals surface area contributed by atoms with Gasteiger partial charge in [0.25, 0.3) is 0 Å². The number of hydrogen-bond donors (Lipinski definition) is 2. The van der Waals surface area contributed by atoms with Gasteiger partial charge in [0.15, 0.2) is 0 Å². The van der Waals surface area contributed by atoms with Crippen LogP contribution >= 0.6 is 11.3 Å². The first-order valence-electron chi connectivity index (χ1n) is 8.26.